The number of hydrogen-bond acceptors (Lipinski definition) is 3. The zero-order valence-corrected chi connectivity index (χ0v) is 14.3. The van der Waals surface area contributed by atoms with Gasteiger partial charge in [-0.05, 0) is 48.0 Å². The number of carbonyl (C=O) groups is 1. The van der Waals surface area contributed by atoms with Crippen LogP contribution in [0.2, 0.25) is 5.02 Å². The molecule has 1 N–H and O–H groups in total. The summed E-state index contributed by atoms with van der Waals surface area (Å²) in [5.74, 6) is 0.295. The Kier molecular flexibility index (Phi) is 5.16. The standard InChI is InChI=1S/C19H16ClN3O2/c1-25-18-9-8-14(12-16(18)20)13-21-22-19(24)15-6-2-3-7-17(15)23-10-4-5-11-23/h2-13H,1H3,(H,22,24)/b21-13-. The van der Waals surface area contributed by atoms with E-state index in [1.54, 1.807) is 31.4 Å². The molecule has 0 radical (unpaired) electrons. The van der Waals surface area contributed by atoms with Gasteiger partial charge in [0.1, 0.15) is 5.75 Å². The van der Waals surface area contributed by atoms with E-state index in [1.165, 1.54) is 6.21 Å². The van der Waals surface area contributed by atoms with Crippen LogP contribution >= 0.6 is 11.6 Å². The Hall–Kier alpha value is -3.05. The molecular weight excluding hydrogens is 338 g/mol. The van der Waals surface area contributed by atoms with Crippen LogP contribution in [-0.2, 0) is 0 Å². The second-order valence-corrected chi connectivity index (χ2v) is 5.61. The number of amides is 1. The maximum absolute atomic E-state index is 12.4. The molecule has 3 rings (SSSR count). The van der Waals surface area contributed by atoms with E-state index in [2.05, 4.69) is 10.5 Å². The van der Waals surface area contributed by atoms with Crippen LogP contribution in [0.5, 0.6) is 5.75 Å². The van der Waals surface area contributed by atoms with E-state index in [9.17, 15) is 4.79 Å². The van der Waals surface area contributed by atoms with Crippen molar-refractivity contribution in [1.29, 1.82) is 0 Å². The largest absolute Gasteiger partial charge is 0.495 e. The topological polar surface area (TPSA) is 55.6 Å². The molecule has 0 aliphatic rings. The number of aromatic nitrogens is 1. The molecule has 0 unspecified atom stereocenters. The van der Waals surface area contributed by atoms with Gasteiger partial charge in [-0.1, -0.05) is 23.7 Å². The molecule has 0 aliphatic heterocycles. The molecule has 1 amide bonds. The number of nitrogens with zero attached hydrogens (tertiary/aromatic N) is 2. The van der Waals surface area contributed by atoms with E-state index >= 15 is 0 Å². The highest BCUT2D eigenvalue weighted by Crippen LogP contribution is 2.24. The third-order valence-corrected chi connectivity index (χ3v) is 3.88. The summed E-state index contributed by atoms with van der Waals surface area (Å²) in [6.07, 6.45) is 5.30. The Balaban J connectivity index is 1.74. The molecule has 0 saturated carbocycles. The average molecular weight is 354 g/mol. The fourth-order valence-electron chi connectivity index (χ4n) is 2.37. The molecule has 25 heavy (non-hydrogen) atoms. The van der Waals surface area contributed by atoms with Crippen LogP contribution in [0.4, 0.5) is 0 Å². The van der Waals surface area contributed by atoms with Gasteiger partial charge in [-0.2, -0.15) is 5.10 Å². The van der Waals surface area contributed by atoms with Gasteiger partial charge in [0.15, 0.2) is 0 Å². The number of rotatable bonds is 5. The summed E-state index contributed by atoms with van der Waals surface area (Å²) in [6.45, 7) is 0. The van der Waals surface area contributed by atoms with Crippen molar-refractivity contribution in [3.05, 3.63) is 83.1 Å². The molecule has 3 aromatic rings. The van der Waals surface area contributed by atoms with E-state index in [0.29, 0.717) is 16.3 Å². The number of hydrazone groups is 1. The van der Waals surface area contributed by atoms with Crippen molar-refractivity contribution in [2.75, 3.05) is 7.11 Å². The monoisotopic (exact) mass is 353 g/mol. The Morgan fingerprint density at radius 1 is 1.16 bits per heavy atom. The number of methoxy groups -OCH3 is 1. The fraction of sp³-hybridized carbons (Fsp3) is 0.0526. The highest BCUT2D eigenvalue weighted by Gasteiger charge is 2.11. The first-order valence-corrected chi connectivity index (χ1v) is 7.96. The first-order valence-electron chi connectivity index (χ1n) is 7.58. The van der Waals surface area contributed by atoms with Crippen LogP contribution in [0, 0.1) is 0 Å². The average Bonchev–Trinajstić information content (AvgIpc) is 3.16. The first kappa shape index (κ1) is 16.8. The van der Waals surface area contributed by atoms with Gasteiger partial charge < -0.3 is 9.30 Å². The zero-order valence-electron chi connectivity index (χ0n) is 13.5. The van der Waals surface area contributed by atoms with Crippen molar-refractivity contribution in [2.45, 2.75) is 0 Å². The van der Waals surface area contributed by atoms with Crippen LogP contribution in [0.3, 0.4) is 0 Å². The van der Waals surface area contributed by atoms with Gasteiger partial charge in [-0.15, -0.1) is 0 Å². The van der Waals surface area contributed by atoms with Crippen LogP contribution in [0.15, 0.2) is 72.1 Å². The SMILES string of the molecule is COc1ccc(/C=N\NC(=O)c2ccccc2-n2cccc2)cc1Cl. The smallest absolute Gasteiger partial charge is 0.273 e. The van der Waals surface area contributed by atoms with E-state index < -0.39 is 0 Å². The number of halogens is 1. The number of nitrogens with one attached hydrogen (secondary N) is 1. The molecule has 0 atom stereocenters. The molecule has 0 saturated heterocycles. The van der Waals surface area contributed by atoms with Crippen LogP contribution in [0.25, 0.3) is 5.69 Å². The lowest BCUT2D eigenvalue weighted by Gasteiger charge is -2.09. The predicted octanol–water partition coefficient (Wildman–Crippen LogP) is 3.90. The zero-order chi connectivity index (χ0) is 17.6. The van der Waals surface area contributed by atoms with Gasteiger partial charge in [0, 0.05) is 12.4 Å². The van der Waals surface area contributed by atoms with Crippen LogP contribution in [0.1, 0.15) is 15.9 Å². The van der Waals surface area contributed by atoms with Crippen molar-refractivity contribution >= 4 is 23.7 Å². The summed E-state index contributed by atoms with van der Waals surface area (Å²) in [6, 6.07) is 16.4. The Morgan fingerprint density at radius 3 is 2.64 bits per heavy atom. The van der Waals surface area contributed by atoms with Gasteiger partial charge >= 0.3 is 0 Å². The molecule has 1 aromatic heterocycles. The summed E-state index contributed by atoms with van der Waals surface area (Å²) in [5.41, 5.74) is 4.61. The number of hydrogen-bond donors (Lipinski definition) is 1. The van der Waals surface area contributed by atoms with Gasteiger partial charge in [0.25, 0.3) is 5.91 Å². The number of ether oxygens (including phenoxy) is 1. The molecule has 0 aliphatic carbocycles. The third kappa shape index (κ3) is 3.89. The normalized spacial score (nSPS) is 10.8. The number of para-hydroxylation sites is 1. The summed E-state index contributed by atoms with van der Waals surface area (Å²) >= 11 is 6.07. The molecule has 126 valence electrons. The Bertz CT molecular complexity index is 905. The summed E-state index contributed by atoms with van der Waals surface area (Å²) in [4.78, 5) is 12.4. The van der Waals surface area contributed by atoms with E-state index in [4.69, 9.17) is 16.3 Å². The molecule has 5 nitrogen and oxygen atoms in total. The lowest BCUT2D eigenvalue weighted by atomic mass is 10.1. The van der Waals surface area contributed by atoms with E-state index in [-0.39, 0.29) is 5.91 Å². The molecule has 6 heteroatoms. The second-order valence-electron chi connectivity index (χ2n) is 5.20. The minimum atomic E-state index is -0.292. The molecule has 1 heterocycles. The van der Waals surface area contributed by atoms with Crippen LogP contribution in [-0.4, -0.2) is 23.8 Å². The van der Waals surface area contributed by atoms with Crippen LogP contribution < -0.4 is 10.2 Å². The molecule has 2 aromatic carbocycles. The number of benzene rings is 2. The second kappa shape index (κ2) is 7.68. The van der Waals surface area contributed by atoms with Crippen molar-refractivity contribution in [3.63, 3.8) is 0 Å². The van der Waals surface area contributed by atoms with Crippen molar-refractivity contribution < 1.29 is 9.53 Å². The van der Waals surface area contributed by atoms with E-state index in [1.807, 2.05) is 47.3 Å². The van der Waals surface area contributed by atoms with Crippen molar-refractivity contribution in [1.82, 2.24) is 9.99 Å². The Labute approximate surface area is 150 Å². The Morgan fingerprint density at radius 2 is 1.92 bits per heavy atom. The summed E-state index contributed by atoms with van der Waals surface area (Å²) in [7, 11) is 1.55. The molecule has 0 spiro atoms. The summed E-state index contributed by atoms with van der Waals surface area (Å²) in [5, 5.41) is 4.49. The highest BCUT2D eigenvalue weighted by atomic mass is 35.5. The summed E-state index contributed by atoms with van der Waals surface area (Å²) < 4.78 is 6.98. The number of carbonyl (C=O) groups excluding carboxylic acids is 1. The van der Waals surface area contributed by atoms with E-state index in [0.717, 1.165) is 11.3 Å². The fourth-order valence-corrected chi connectivity index (χ4v) is 2.64. The maximum Gasteiger partial charge on any atom is 0.273 e. The lowest BCUT2D eigenvalue weighted by molar-refractivity contribution is 0.0955. The van der Waals surface area contributed by atoms with Gasteiger partial charge in [0.2, 0.25) is 0 Å². The predicted molar refractivity (Wildman–Crippen MR) is 98.8 cm³/mol. The lowest BCUT2D eigenvalue weighted by Crippen LogP contribution is -2.19. The third-order valence-electron chi connectivity index (χ3n) is 3.59. The van der Waals surface area contributed by atoms with Crippen molar-refractivity contribution in [3.8, 4) is 11.4 Å². The molecule has 0 bridgehead atoms. The first-order chi connectivity index (χ1) is 12.2. The molecule has 0 fully saturated rings. The van der Waals surface area contributed by atoms with Gasteiger partial charge in [0.05, 0.1) is 29.6 Å². The maximum atomic E-state index is 12.4. The minimum absolute atomic E-state index is 0.292. The molecular formula is C19H16ClN3O2. The minimum Gasteiger partial charge on any atom is -0.495 e. The van der Waals surface area contributed by atoms with Crippen molar-refractivity contribution in [2.24, 2.45) is 5.10 Å². The van der Waals surface area contributed by atoms with Gasteiger partial charge in [-0.25, -0.2) is 5.43 Å². The van der Waals surface area contributed by atoms with Gasteiger partial charge in [-0.3, -0.25) is 4.79 Å². The quantitative estimate of drug-likeness (QED) is 0.558. The highest BCUT2D eigenvalue weighted by molar-refractivity contribution is 6.32.